The van der Waals surface area contributed by atoms with Crippen LogP contribution < -0.4 is 10.7 Å². The topological polar surface area (TPSA) is 101 Å². The molecule has 7 nitrogen and oxygen atoms in total. The molecule has 0 fully saturated rings. The second kappa shape index (κ2) is 4.52. The second-order valence-electron chi connectivity index (χ2n) is 3.31. The number of nitrogens with zero attached hydrogens (tertiary/aromatic N) is 3. The van der Waals surface area contributed by atoms with E-state index >= 15 is 0 Å². The van der Waals surface area contributed by atoms with Gasteiger partial charge in [0.2, 0.25) is 5.95 Å². The van der Waals surface area contributed by atoms with Crippen LogP contribution in [0.15, 0.2) is 29.5 Å². The molecule has 0 saturated heterocycles. The fourth-order valence-corrected chi connectivity index (χ4v) is 1.22. The highest BCUT2D eigenvalue weighted by Crippen LogP contribution is 1.98. The molecule has 2 aromatic heterocycles. The molecule has 0 unspecified atom stereocenters. The van der Waals surface area contributed by atoms with Gasteiger partial charge in [0.25, 0.3) is 5.91 Å². The van der Waals surface area contributed by atoms with Crippen molar-refractivity contribution in [3.63, 3.8) is 0 Å². The summed E-state index contributed by atoms with van der Waals surface area (Å²) in [6.45, 7) is 1.73. The van der Waals surface area contributed by atoms with Crippen LogP contribution in [0.1, 0.15) is 16.1 Å². The molecule has 2 rings (SSSR count). The fraction of sp³-hybridized carbons (Fsp3) is 0.100. The van der Waals surface area contributed by atoms with Crippen molar-refractivity contribution in [2.45, 2.75) is 6.92 Å². The van der Waals surface area contributed by atoms with E-state index in [9.17, 15) is 9.59 Å². The summed E-state index contributed by atoms with van der Waals surface area (Å²) in [7, 11) is 0. The van der Waals surface area contributed by atoms with E-state index in [0.29, 0.717) is 5.69 Å². The van der Waals surface area contributed by atoms with E-state index in [1.54, 1.807) is 6.92 Å². The quantitative estimate of drug-likeness (QED) is 0.764. The molecule has 0 bridgehead atoms. The van der Waals surface area contributed by atoms with E-state index in [1.165, 1.54) is 24.7 Å². The van der Waals surface area contributed by atoms with Crippen molar-refractivity contribution in [3.05, 3.63) is 46.1 Å². The molecule has 7 heteroatoms. The number of aryl methyl sites for hydroxylation is 1. The number of hydrogen-bond donors (Lipinski definition) is 2. The number of hydrogen-bond acceptors (Lipinski definition) is 5. The monoisotopic (exact) mass is 231 g/mol. The van der Waals surface area contributed by atoms with Crippen LogP contribution in [0.4, 0.5) is 5.95 Å². The normalized spacial score (nSPS) is 9.94. The van der Waals surface area contributed by atoms with Crippen molar-refractivity contribution < 1.29 is 4.79 Å². The minimum Gasteiger partial charge on any atom is -0.364 e. The molecular formula is C10H9N5O2. The summed E-state index contributed by atoms with van der Waals surface area (Å²) in [4.78, 5) is 29.8. The Balaban J connectivity index is 2.24. The molecule has 0 aromatic carbocycles. The minimum absolute atomic E-state index is 0.00283. The average molecular weight is 231 g/mol. The van der Waals surface area contributed by atoms with Gasteiger partial charge in [0.1, 0.15) is 5.56 Å². The molecule has 0 saturated carbocycles. The van der Waals surface area contributed by atoms with Crippen LogP contribution in [0.25, 0.3) is 0 Å². The zero-order valence-corrected chi connectivity index (χ0v) is 8.97. The van der Waals surface area contributed by atoms with Gasteiger partial charge in [0, 0.05) is 18.0 Å². The van der Waals surface area contributed by atoms with Crippen molar-refractivity contribution in [1.29, 1.82) is 0 Å². The largest absolute Gasteiger partial charge is 0.364 e. The molecule has 2 N–H and O–H groups in total. The third-order valence-electron chi connectivity index (χ3n) is 2.01. The maximum absolute atomic E-state index is 11.7. The minimum atomic E-state index is -0.570. The van der Waals surface area contributed by atoms with Crippen LogP contribution in [0.3, 0.4) is 0 Å². The summed E-state index contributed by atoms with van der Waals surface area (Å²) >= 11 is 0. The van der Waals surface area contributed by atoms with Gasteiger partial charge in [0.15, 0.2) is 5.43 Å². The Hall–Kier alpha value is -2.57. The van der Waals surface area contributed by atoms with Crippen LogP contribution in [0, 0.1) is 6.92 Å². The van der Waals surface area contributed by atoms with E-state index < -0.39 is 5.91 Å². The number of aromatic nitrogens is 4. The number of anilines is 1. The fourth-order valence-electron chi connectivity index (χ4n) is 1.22. The molecule has 2 heterocycles. The summed E-state index contributed by atoms with van der Waals surface area (Å²) in [5.74, 6) is -0.517. The second-order valence-corrected chi connectivity index (χ2v) is 3.31. The van der Waals surface area contributed by atoms with Gasteiger partial charge < -0.3 is 4.98 Å². The van der Waals surface area contributed by atoms with E-state index in [0.717, 1.165) is 0 Å². The zero-order valence-electron chi connectivity index (χ0n) is 8.97. The summed E-state index contributed by atoms with van der Waals surface area (Å²) in [5.41, 5.74) is 0.329. The molecule has 17 heavy (non-hydrogen) atoms. The first-order chi connectivity index (χ1) is 8.16. The molecule has 0 aliphatic carbocycles. The van der Waals surface area contributed by atoms with Crippen LogP contribution in [0.5, 0.6) is 0 Å². The van der Waals surface area contributed by atoms with Gasteiger partial charge in [-0.1, -0.05) is 0 Å². The van der Waals surface area contributed by atoms with Crippen molar-refractivity contribution in [2.75, 3.05) is 5.32 Å². The zero-order chi connectivity index (χ0) is 12.3. The van der Waals surface area contributed by atoms with Gasteiger partial charge in [0.05, 0.1) is 12.4 Å². The van der Waals surface area contributed by atoms with Crippen LogP contribution in [-0.2, 0) is 0 Å². The van der Waals surface area contributed by atoms with Crippen LogP contribution >= 0.6 is 0 Å². The molecule has 0 atom stereocenters. The Kier molecular flexibility index (Phi) is 2.91. The highest BCUT2D eigenvalue weighted by atomic mass is 16.2. The van der Waals surface area contributed by atoms with Gasteiger partial charge in [-0.15, -0.1) is 5.10 Å². The third-order valence-corrected chi connectivity index (χ3v) is 2.01. The Morgan fingerprint density at radius 1 is 1.41 bits per heavy atom. The van der Waals surface area contributed by atoms with Crippen molar-refractivity contribution in [2.24, 2.45) is 0 Å². The number of amides is 1. The summed E-state index contributed by atoms with van der Waals surface area (Å²) in [6, 6.07) is 1.35. The predicted octanol–water partition coefficient (Wildman–Crippen LogP) is 0.121. The van der Waals surface area contributed by atoms with Gasteiger partial charge in [-0.25, -0.2) is 4.98 Å². The van der Waals surface area contributed by atoms with Gasteiger partial charge in [-0.2, -0.15) is 5.10 Å². The lowest BCUT2D eigenvalue weighted by molar-refractivity contribution is 0.102. The number of carbonyl (C=O) groups is 1. The Morgan fingerprint density at radius 3 is 2.88 bits per heavy atom. The summed E-state index contributed by atoms with van der Waals surface area (Å²) < 4.78 is 0. The first kappa shape index (κ1) is 10.9. The van der Waals surface area contributed by atoms with Crippen molar-refractivity contribution >= 4 is 11.9 Å². The smallest absolute Gasteiger partial charge is 0.263 e. The number of aromatic amines is 1. The van der Waals surface area contributed by atoms with Crippen LogP contribution in [-0.4, -0.2) is 26.1 Å². The van der Waals surface area contributed by atoms with Crippen molar-refractivity contribution in [3.8, 4) is 0 Å². The highest BCUT2D eigenvalue weighted by Gasteiger charge is 2.11. The number of carbonyl (C=O) groups excluding carboxylic acids is 1. The molecule has 0 aliphatic rings. The summed E-state index contributed by atoms with van der Waals surface area (Å²) in [6.07, 6.45) is 4.12. The SMILES string of the molecule is Cc1cc(=O)c(C(=O)Nc2nccnn2)c[nH]1. The first-order valence-electron chi connectivity index (χ1n) is 4.81. The third kappa shape index (κ3) is 2.51. The number of nitrogens with one attached hydrogen (secondary N) is 2. The van der Waals surface area contributed by atoms with Crippen molar-refractivity contribution in [1.82, 2.24) is 20.2 Å². The van der Waals surface area contributed by atoms with Gasteiger partial charge >= 0.3 is 0 Å². The highest BCUT2D eigenvalue weighted by molar-refractivity contribution is 6.02. The number of rotatable bonds is 2. The van der Waals surface area contributed by atoms with E-state index in [1.807, 2.05) is 0 Å². The summed E-state index contributed by atoms with van der Waals surface area (Å²) in [5, 5.41) is 9.52. The molecule has 0 spiro atoms. The Labute approximate surface area is 95.9 Å². The lowest BCUT2D eigenvalue weighted by atomic mass is 10.2. The molecule has 2 aromatic rings. The lowest BCUT2D eigenvalue weighted by Gasteiger charge is -2.01. The molecule has 1 amide bonds. The molecule has 0 radical (unpaired) electrons. The maximum atomic E-state index is 11.7. The van der Waals surface area contributed by atoms with Gasteiger partial charge in [-0.3, -0.25) is 14.9 Å². The average Bonchev–Trinajstić information content (AvgIpc) is 2.30. The van der Waals surface area contributed by atoms with Crippen LogP contribution in [0.2, 0.25) is 0 Å². The lowest BCUT2D eigenvalue weighted by Crippen LogP contribution is -2.22. The van der Waals surface area contributed by atoms with Gasteiger partial charge in [-0.05, 0) is 6.92 Å². The first-order valence-corrected chi connectivity index (χ1v) is 4.81. The Bertz CT molecular complexity index is 593. The molecular weight excluding hydrogens is 222 g/mol. The predicted molar refractivity (Wildman–Crippen MR) is 59.6 cm³/mol. The number of H-pyrrole nitrogens is 1. The number of pyridine rings is 1. The standard InChI is InChI=1S/C10H9N5O2/c1-6-4-8(16)7(5-12-6)9(17)14-10-11-2-3-13-15-10/h2-5H,1H3,(H,12,16)(H,11,14,15,17). The Morgan fingerprint density at radius 2 is 2.24 bits per heavy atom. The van der Waals surface area contributed by atoms with E-state index in [2.05, 4.69) is 25.5 Å². The maximum Gasteiger partial charge on any atom is 0.263 e. The van der Waals surface area contributed by atoms with E-state index in [-0.39, 0.29) is 16.9 Å². The molecule has 86 valence electrons. The van der Waals surface area contributed by atoms with E-state index in [4.69, 9.17) is 0 Å². The molecule has 0 aliphatic heterocycles.